The molecule has 21 heavy (non-hydrogen) atoms. The molecule has 0 aliphatic carbocycles. The minimum atomic E-state index is -3.65. The highest BCUT2D eigenvalue weighted by molar-refractivity contribution is 7.89. The Morgan fingerprint density at radius 2 is 1.81 bits per heavy atom. The van der Waals surface area contributed by atoms with E-state index in [0.29, 0.717) is 5.75 Å². The van der Waals surface area contributed by atoms with Crippen LogP contribution in [0.4, 0.5) is 0 Å². The van der Waals surface area contributed by atoms with Gasteiger partial charge in [-0.3, -0.25) is 0 Å². The number of hydrogen-bond donors (Lipinski definition) is 1. The van der Waals surface area contributed by atoms with Crippen molar-refractivity contribution in [2.45, 2.75) is 17.9 Å². The Bertz CT molecular complexity index is 717. The molecule has 0 amide bonds. The van der Waals surface area contributed by atoms with Crippen LogP contribution in [-0.4, -0.2) is 15.5 Å². The van der Waals surface area contributed by atoms with Gasteiger partial charge in [0.1, 0.15) is 5.75 Å². The van der Waals surface area contributed by atoms with Crippen LogP contribution < -0.4 is 9.46 Å². The average molecular weight is 326 g/mol. The smallest absolute Gasteiger partial charge is 0.241 e. The van der Waals surface area contributed by atoms with Crippen molar-refractivity contribution in [2.75, 3.05) is 7.11 Å². The third-order valence-corrected chi connectivity index (χ3v) is 4.90. The minimum absolute atomic E-state index is 0.107. The first-order valence-electron chi connectivity index (χ1n) is 6.35. The van der Waals surface area contributed by atoms with Crippen LogP contribution in [0.5, 0.6) is 5.75 Å². The molecule has 112 valence electrons. The zero-order chi connectivity index (χ0) is 15.5. The van der Waals surface area contributed by atoms with Crippen molar-refractivity contribution < 1.29 is 13.2 Å². The van der Waals surface area contributed by atoms with Crippen molar-refractivity contribution in [3.8, 4) is 5.75 Å². The van der Waals surface area contributed by atoms with E-state index < -0.39 is 10.0 Å². The summed E-state index contributed by atoms with van der Waals surface area (Å²) in [5.41, 5.74) is 0.890. The van der Waals surface area contributed by atoms with Crippen molar-refractivity contribution in [2.24, 2.45) is 0 Å². The second-order valence-electron chi connectivity index (χ2n) is 4.55. The van der Waals surface area contributed by atoms with Gasteiger partial charge in [-0.1, -0.05) is 41.9 Å². The molecule has 2 aromatic rings. The first-order chi connectivity index (χ1) is 9.94. The van der Waals surface area contributed by atoms with Crippen LogP contribution >= 0.6 is 11.6 Å². The number of hydrogen-bond acceptors (Lipinski definition) is 3. The predicted molar refractivity (Wildman–Crippen MR) is 83.2 cm³/mol. The third kappa shape index (κ3) is 3.75. The van der Waals surface area contributed by atoms with Gasteiger partial charge in [-0.05, 0) is 30.7 Å². The molecule has 0 fully saturated rings. The Kier molecular flexibility index (Phi) is 4.88. The maximum atomic E-state index is 12.4. The number of ether oxygens (including phenoxy) is 1. The van der Waals surface area contributed by atoms with E-state index in [1.165, 1.54) is 25.3 Å². The van der Waals surface area contributed by atoms with Gasteiger partial charge in [0, 0.05) is 6.04 Å². The largest absolute Gasteiger partial charge is 0.495 e. The first kappa shape index (κ1) is 15.8. The summed E-state index contributed by atoms with van der Waals surface area (Å²) in [4.78, 5) is 0.107. The Hall–Kier alpha value is -1.56. The summed E-state index contributed by atoms with van der Waals surface area (Å²) < 4.78 is 32.4. The van der Waals surface area contributed by atoms with E-state index in [0.717, 1.165) is 5.56 Å². The van der Waals surface area contributed by atoms with Gasteiger partial charge >= 0.3 is 0 Å². The van der Waals surface area contributed by atoms with Gasteiger partial charge < -0.3 is 4.74 Å². The van der Waals surface area contributed by atoms with Crippen LogP contribution in [0.3, 0.4) is 0 Å². The Labute approximate surface area is 129 Å². The van der Waals surface area contributed by atoms with Crippen molar-refractivity contribution >= 4 is 21.6 Å². The molecule has 1 atom stereocenters. The maximum absolute atomic E-state index is 12.4. The number of halogens is 1. The number of sulfonamides is 1. The molecule has 2 aromatic carbocycles. The Morgan fingerprint density at radius 1 is 1.14 bits per heavy atom. The molecule has 0 aliphatic heterocycles. The zero-order valence-electron chi connectivity index (χ0n) is 11.7. The molecular formula is C15H16ClNO3S. The molecule has 0 saturated carbocycles. The fourth-order valence-corrected chi connectivity index (χ4v) is 3.50. The van der Waals surface area contributed by atoms with Gasteiger partial charge in [-0.15, -0.1) is 0 Å². The maximum Gasteiger partial charge on any atom is 0.241 e. The summed E-state index contributed by atoms with van der Waals surface area (Å²) >= 11 is 5.97. The third-order valence-electron chi connectivity index (χ3n) is 3.07. The fraction of sp³-hybridized carbons (Fsp3) is 0.200. The van der Waals surface area contributed by atoms with Crippen LogP contribution in [0, 0.1) is 0 Å². The topological polar surface area (TPSA) is 55.4 Å². The van der Waals surface area contributed by atoms with Gasteiger partial charge in [0.15, 0.2) is 0 Å². The van der Waals surface area contributed by atoms with Crippen LogP contribution in [0.2, 0.25) is 5.02 Å². The second kappa shape index (κ2) is 6.47. The Balaban J connectivity index is 2.24. The van der Waals surface area contributed by atoms with Gasteiger partial charge in [-0.25, -0.2) is 13.1 Å². The first-order valence-corrected chi connectivity index (χ1v) is 8.21. The monoisotopic (exact) mass is 325 g/mol. The molecule has 4 nitrogen and oxygen atoms in total. The van der Waals surface area contributed by atoms with Crippen LogP contribution in [0.25, 0.3) is 0 Å². The van der Waals surface area contributed by atoms with E-state index in [4.69, 9.17) is 16.3 Å². The van der Waals surface area contributed by atoms with Gasteiger partial charge in [-0.2, -0.15) is 0 Å². The van der Waals surface area contributed by atoms with Crippen LogP contribution in [0.15, 0.2) is 53.4 Å². The lowest BCUT2D eigenvalue weighted by Crippen LogP contribution is -2.26. The number of methoxy groups -OCH3 is 1. The van der Waals surface area contributed by atoms with Gasteiger partial charge in [0.2, 0.25) is 10.0 Å². The van der Waals surface area contributed by atoms with Crippen molar-refractivity contribution in [1.29, 1.82) is 0 Å². The summed E-state index contributed by atoms with van der Waals surface area (Å²) in [7, 11) is -2.17. The lowest BCUT2D eigenvalue weighted by Gasteiger charge is -2.15. The lowest BCUT2D eigenvalue weighted by molar-refractivity contribution is 0.414. The molecule has 0 spiro atoms. The van der Waals surface area contributed by atoms with Crippen molar-refractivity contribution in [1.82, 2.24) is 4.72 Å². The van der Waals surface area contributed by atoms with E-state index in [-0.39, 0.29) is 16.0 Å². The standard InChI is InChI=1S/C15H16ClNO3S/c1-11(12-6-4-3-5-7-12)17-21(18,19)13-8-9-15(20-2)14(16)10-13/h3-11,17H,1-2H3/t11-/m0/s1. The molecule has 0 saturated heterocycles. The van der Waals surface area contributed by atoms with Crippen LogP contribution in [-0.2, 0) is 10.0 Å². The Morgan fingerprint density at radius 3 is 2.38 bits per heavy atom. The highest BCUT2D eigenvalue weighted by atomic mass is 35.5. The quantitative estimate of drug-likeness (QED) is 0.916. The SMILES string of the molecule is COc1ccc(S(=O)(=O)N[C@@H](C)c2ccccc2)cc1Cl. The molecule has 0 unspecified atom stereocenters. The minimum Gasteiger partial charge on any atom is -0.495 e. The summed E-state index contributed by atoms with van der Waals surface area (Å²) in [6, 6.07) is 13.4. The highest BCUT2D eigenvalue weighted by Crippen LogP contribution is 2.27. The normalized spacial score (nSPS) is 12.9. The number of rotatable bonds is 5. The molecule has 1 N–H and O–H groups in total. The summed E-state index contributed by atoms with van der Waals surface area (Å²) in [5, 5.41) is 0.257. The van der Waals surface area contributed by atoms with E-state index in [2.05, 4.69) is 4.72 Å². The molecule has 0 bridgehead atoms. The molecule has 6 heteroatoms. The summed E-state index contributed by atoms with van der Waals surface area (Å²) in [5.74, 6) is 0.437. The highest BCUT2D eigenvalue weighted by Gasteiger charge is 2.19. The summed E-state index contributed by atoms with van der Waals surface area (Å²) in [6.45, 7) is 1.79. The number of benzene rings is 2. The van der Waals surface area contributed by atoms with E-state index >= 15 is 0 Å². The van der Waals surface area contributed by atoms with E-state index in [9.17, 15) is 8.42 Å². The molecule has 0 aliphatic rings. The van der Waals surface area contributed by atoms with Crippen molar-refractivity contribution in [3.05, 3.63) is 59.1 Å². The van der Waals surface area contributed by atoms with Crippen molar-refractivity contribution in [3.63, 3.8) is 0 Å². The zero-order valence-corrected chi connectivity index (χ0v) is 13.3. The summed E-state index contributed by atoms with van der Waals surface area (Å²) in [6.07, 6.45) is 0. The predicted octanol–water partition coefficient (Wildman–Crippen LogP) is 3.39. The molecule has 0 aromatic heterocycles. The second-order valence-corrected chi connectivity index (χ2v) is 6.67. The van der Waals surface area contributed by atoms with E-state index in [1.807, 2.05) is 30.3 Å². The van der Waals surface area contributed by atoms with Crippen LogP contribution in [0.1, 0.15) is 18.5 Å². The fourth-order valence-electron chi connectivity index (χ4n) is 1.92. The lowest BCUT2D eigenvalue weighted by atomic mass is 10.1. The number of nitrogens with one attached hydrogen (secondary N) is 1. The van der Waals surface area contributed by atoms with E-state index in [1.54, 1.807) is 6.92 Å². The van der Waals surface area contributed by atoms with Gasteiger partial charge in [0.25, 0.3) is 0 Å². The van der Waals surface area contributed by atoms with Gasteiger partial charge in [0.05, 0.1) is 17.0 Å². The molecule has 0 heterocycles. The molecular weight excluding hydrogens is 310 g/mol. The molecule has 2 rings (SSSR count). The average Bonchev–Trinajstić information content (AvgIpc) is 2.47. The molecule has 0 radical (unpaired) electrons.